The number of halogens is 20. The number of ketones is 1. The predicted octanol–water partition coefficient (Wildman–Crippen LogP) is 8.10. The van der Waals surface area contributed by atoms with E-state index in [0.717, 1.165) is 0 Å². The molecule has 332 valence electrons. The molecule has 0 saturated heterocycles. The molecule has 3 nitrogen and oxygen atoms in total. The second-order valence-corrected chi connectivity index (χ2v) is 13.4. The smallest absolute Gasteiger partial charge is 0.267 e. The molecule has 0 aliphatic rings. The molecule has 0 bridgehead atoms. The van der Waals surface area contributed by atoms with Crippen molar-refractivity contribution < 1.29 is 97.2 Å². The number of nitrogens with zero attached hydrogens (tertiary/aromatic N) is 2. The Morgan fingerprint density at radius 2 is 0.730 bits per heavy atom. The highest BCUT2D eigenvalue weighted by Crippen LogP contribution is 2.30. The lowest BCUT2D eigenvalue weighted by atomic mass is 9.12. The van der Waals surface area contributed by atoms with E-state index in [1.54, 1.807) is 12.4 Å². The topological polar surface area (TPSA) is 33.8 Å². The van der Waals surface area contributed by atoms with Crippen molar-refractivity contribution in [2.24, 2.45) is 5.92 Å². The van der Waals surface area contributed by atoms with E-state index in [2.05, 4.69) is 17.1 Å². The highest BCUT2D eigenvalue weighted by molar-refractivity contribution is 7.20. The molecule has 0 radical (unpaired) electrons. The van der Waals surface area contributed by atoms with Gasteiger partial charge in [0.2, 0.25) is 5.78 Å². The van der Waals surface area contributed by atoms with E-state index < -0.39 is 144 Å². The Morgan fingerprint density at radius 1 is 0.460 bits per heavy atom. The van der Waals surface area contributed by atoms with Crippen molar-refractivity contribution in [3.8, 4) is 0 Å². The molecule has 6 rings (SSSR count). The largest absolute Gasteiger partial charge is 0.287 e. The Morgan fingerprint density at radius 3 is 1.00 bits per heavy atom. The van der Waals surface area contributed by atoms with E-state index in [1.807, 2.05) is 42.8 Å². The lowest BCUT2D eigenvalue weighted by Gasteiger charge is -2.44. The van der Waals surface area contributed by atoms with Crippen LogP contribution < -0.4 is 26.4 Å². The zero-order valence-electron chi connectivity index (χ0n) is 30.8. The fourth-order valence-corrected chi connectivity index (χ4v) is 6.68. The first-order chi connectivity index (χ1) is 29.4. The quantitative estimate of drug-likeness (QED) is 0.0387. The summed E-state index contributed by atoms with van der Waals surface area (Å²) < 4.78 is 296. The summed E-state index contributed by atoms with van der Waals surface area (Å²) in [7, 11) is 0. The van der Waals surface area contributed by atoms with Crippen LogP contribution >= 0.6 is 0 Å². The number of aromatic nitrogens is 2. The maximum Gasteiger partial charge on any atom is 0.267 e. The molecule has 0 fully saturated rings. The van der Waals surface area contributed by atoms with E-state index in [4.69, 9.17) is 0 Å². The van der Waals surface area contributed by atoms with Crippen LogP contribution in [0.4, 0.5) is 87.8 Å². The van der Waals surface area contributed by atoms with Crippen molar-refractivity contribution in [2.75, 3.05) is 0 Å². The molecule has 0 amide bonds. The third kappa shape index (κ3) is 7.61. The maximum atomic E-state index is 15.4. The summed E-state index contributed by atoms with van der Waals surface area (Å²) in [5.74, 6) is -71.3. The Balaban J connectivity index is 0.000000345. The predicted molar refractivity (Wildman–Crippen MR) is 178 cm³/mol. The van der Waals surface area contributed by atoms with Gasteiger partial charge in [-0.1, -0.05) is 44.2 Å². The van der Waals surface area contributed by atoms with Crippen LogP contribution in [-0.4, -0.2) is 16.9 Å². The lowest BCUT2D eigenvalue weighted by Crippen LogP contribution is -2.81. The molecule has 1 heterocycles. The van der Waals surface area contributed by atoms with Crippen LogP contribution in [0.2, 0.25) is 0 Å². The fourth-order valence-electron chi connectivity index (χ4n) is 6.68. The van der Waals surface area contributed by atoms with Gasteiger partial charge in [0.25, 0.3) is 5.69 Å². The van der Waals surface area contributed by atoms with Crippen molar-refractivity contribution in [1.29, 1.82) is 0 Å². The average molecular weight is 920 g/mol. The number of Topliss-reactive ketones (excluding diaryl/α,β-unsaturated/α-hetero) is 1. The summed E-state index contributed by atoms with van der Waals surface area (Å²) in [6, 6.07) is 10.1. The third-order valence-corrected chi connectivity index (χ3v) is 9.52. The summed E-state index contributed by atoms with van der Waals surface area (Å²) in [6.07, 6.45) is -2.01. The van der Waals surface area contributed by atoms with Gasteiger partial charge in [0.15, 0.2) is 82.5 Å². The number of hydrogen-bond acceptors (Lipinski definition) is 2. The van der Waals surface area contributed by atoms with E-state index in [0.29, 0.717) is 12.2 Å². The van der Waals surface area contributed by atoms with Crippen LogP contribution in [0.5, 0.6) is 0 Å². The van der Waals surface area contributed by atoms with Crippen LogP contribution in [0.1, 0.15) is 29.9 Å². The second kappa shape index (κ2) is 17.7. The van der Waals surface area contributed by atoms with E-state index in [1.165, 1.54) is 5.56 Å². The van der Waals surface area contributed by atoms with Gasteiger partial charge < -0.3 is 0 Å². The fraction of sp³-hybridized carbons (Fsp3) is 0.103. The van der Waals surface area contributed by atoms with Gasteiger partial charge in [-0.3, -0.25) is 9.78 Å². The van der Waals surface area contributed by atoms with Crippen LogP contribution in [-0.2, 0) is 6.54 Å². The van der Waals surface area contributed by atoms with Gasteiger partial charge >= 0.3 is 0 Å². The molecule has 6 aromatic rings. The molecule has 5 aromatic carbocycles. The summed E-state index contributed by atoms with van der Waals surface area (Å²) >= 11 is 0. The van der Waals surface area contributed by atoms with Crippen LogP contribution in [0.3, 0.4) is 0 Å². The molecule has 0 atom stereocenters. The molecule has 0 unspecified atom stereocenters. The first kappa shape index (κ1) is 47.6. The molecule has 0 aliphatic heterocycles. The molecule has 0 aliphatic carbocycles. The van der Waals surface area contributed by atoms with Crippen molar-refractivity contribution in [3.05, 3.63) is 177 Å². The standard InChI is InChI=1S/C24BF20.C15H17N2O/c26-5-1(6(27)14(35)21(42)13(5)34)25(2-7(28)15(36)22(43)16(37)8(2)29,3-9(30)17(38)23(44)18(39)10(3)31)4-11(32)19(40)24(45)20(41)12(4)33;1-12(2)15(18)14-10-16-8-9-17(14)11-13-6-4-3-5-7-13/h;3-10,12H,11H2,1-2H3/q-1;+1. The van der Waals surface area contributed by atoms with Gasteiger partial charge in [-0.05, 0) is 0 Å². The van der Waals surface area contributed by atoms with Crippen LogP contribution in [0, 0.1) is 122 Å². The molecule has 63 heavy (non-hydrogen) atoms. The molecule has 1 aromatic heterocycles. The van der Waals surface area contributed by atoms with Gasteiger partial charge in [0.05, 0.1) is 6.20 Å². The highest BCUT2D eigenvalue weighted by Gasteiger charge is 2.52. The zero-order chi connectivity index (χ0) is 47.3. The van der Waals surface area contributed by atoms with Crippen molar-refractivity contribution >= 4 is 33.8 Å². The molecule has 0 spiro atoms. The van der Waals surface area contributed by atoms with Crippen LogP contribution in [0.15, 0.2) is 48.9 Å². The molecule has 24 heteroatoms. The summed E-state index contributed by atoms with van der Waals surface area (Å²) in [4.78, 5) is 16.1. The Bertz CT molecular complexity index is 2440. The van der Waals surface area contributed by atoms with Gasteiger partial charge in [-0.15, -0.1) is 21.9 Å². The summed E-state index contributed by atoms with van der Waals surface area (Å²) in [5.41, 5.74) is -12.5. The molecule has 0 saturated carbocycles. The second-order valence-electron chi connectivity index (χ2n) is 13.4. The highest BCUT2D eigenvalue weighted by atomic mass is 19.2. The summed E-state index contributed by atoms with van der Waals surface area (Å²) in [6.45, 7) is 4.50. The molecule has 0 N–H and O–H groups in total. The average Bonchev–Trinajstić information content (AvgIpc) is 3.26. The summed E-state index contributed by atoms with van der Waals surface area (Å²) in [5, 5.41) is 0. The van der Waals surface area contributed by atoms with E-state index in [-0.39, 0.29) is 11.7 Å². The van der Waals surface area contributed by atoms with Gasteiger partial charge in [-0.2, -0.15) is 4.57 Å². The molecular formula is C39H17BF20N2O. The van der Waals surface area contributed by atoms with E-state index in [9.17, 15) is 57.5 Å². The maximum absolute atomic E-state index is 15.4. The van der Waals surface area contributed by atoms with Crippen molar-refractivity contribution in [2.45, 2.75) is 20.4 Å². The number of carbonyl (C=O) groups is 1. The third-order valence-electron chi connectivity index (χ3n) is 9.52. The minimum absolute atomic E-state index is 0.0174. The SMILES string of the molecule is CC(C)C(=O)c1cncc[n+]1Cc1ccccc1.Fc1c(F)c(F)c([B-](c2c(F)c(F)c(F)c(F)c2F)(c2c(F)c(F)c(F)c(F)c2F)c2c(F)c(F)c(F)c(F)c2F)c(F)c1F. The van der Waals surface area contributed by atoms with Crippen molar-refractivity contribution in [1.82, 2.24) is 4.98 Å². The Kier molecular flexibility index (Phi) is 13.4. The first-order valence-electron chi connectivity index (χ1n) is 17.0. The van der Waals surface area contributed by atoms with Crippen LogP contribution in [0.25, 0.3) is 0 Å². The molecular weight excluding hydrogens is 903 g/mol. The zero-order valence-corrected chi connectivity index (χ0v) is 30.8. The van der Waals surface area contributed by atoms with E-state index >= 15 is 35.1 Å². The Hall–Kier alpha value is -6.49. The minimum Gasteiger partial charge on any atom is -0.287 e. The number of carbonyl (C=O) groups excluding carboxylic acids is 1. The number of benzene rings is 5. The number of hydrogen-bond donors (Lipinski definition) is 0. The Labute approximate surface area is 338 Å². The number of rotatable bonds is 8. The van der Waals surface area contributed by atoms with Gasteiger partial charge in [0.1, 0.15) is 58.9 Å². The van der Waals surface area contributed by atoms with Gasteiger partial charge in [-0.25, -0.2) is 87.8 Å². The van der Waals surface area contributed by atoms with Crippen molar-refractivity contribution in [3.63, 3.8) is 0 Å². The minimum atomic E-state index is -7.22. The van der Waals surface area contributed by atoms with Gasteiger partial charge in [0, 0.05) is 11.5 Å². The monoisotopic (exact) mass is 920 g/mol. The first-order valence-corrected chi connectivity index (χ1v) is 17.0. The normalized spacial score (nSPS) is 11.6. The lowest BCUT2D eigenvalue weighted by molar-refractivity contribution is -0.690.